The van der Waals surface area contributed by atoms with Crippen LogP contribution in [0.4, 0.5) is 0 Å². The largest absolute Gasteiger partial charge is 0.359 e. The van der Waals surface area contributed by atoms with Gasteiger partial charge in [0, 0.05) is 43.9 Å². The van der Waals surface area contributed by atoms with E-state index in [9.17, 15) is 9.59 Å². The number of hydrogen-bond acceptors (Lipinski definition) is 2. The highest BCUT2D eigenvalue weighted by Crippen LogP contribution is 2.28. The Kier molecular flexibility index (Phi) is 6.46. The van der Waals surface area contributed by atoms with Gasteiger partial charge in [-0.1, -0.05) is 17.7 Å². The van der Waals surface area contributed by atoms with E-state index in [0.717, 1.165) is 37.1 Å². The summed E-state index contributed by atoms with van der Waals surface area (Å²) in [4.78, 5) is 26.4. The number of aryl methyl sites for hydroxylation is 1. The van der Waals surface area contributed by atoms with Crippen LogP contribution in [-0.2, 0) is 9.59 Å². The Hall–Kier alpha value is -1.55. The Morgan fingerprint density at radius 1 is 1.17 bits per heavy atom. The molecule has 0 saturated carbocycles. The molecule has 0 aliphatic carbocycles. The van der Waals surface area contributed by atoms with Crippen molar-refractivity contribution in [3.63, 3.8) is 0 Å². The minimum Gasteiger partial charge on any atom is -0.359 e. The van der Waals surface area contributed by atoms with E-state index < -0.39 is 0 Å². The van der Waals surface area contributed by atoms with Gasteiger partial charge in [-0.3, -0.25) is 9.59 Å². The number of nitrogens with one attached hydrogen (secondary N) is 1. The fourth-order valence-electron chi connectivity index (χ4n) is 3.12. The zero-order chi connectivity index (χ0) is 16.8. The molecule has 5 heteroatoms. The van der Waals surface area contributed by atoms with E-state index in [1.54, 1.807) is 7.05 Å². The maximum absolute atomic E-state index is 12.6. The molecule has 1 saturated heterocycles. The highest BCUT2D eigenvalue weighted by molar-refractivity contribution is 6.30. The lowest BCUT2D eigenvalue weighted by Crippen LogP contribution is -2.36. The molecule has 1 aromatic carbocycles. The van der Waals surface area contributed by atoms with Crippen molar-refractivity contribution in [3.05, 3.63) is 34.3 Å². The number of hydrogen-bond donors (Lipinski definition) is 1. The van der Waals surface area contributed by atoms with Gasteiger partial charge in [0.1, 0.15) is 0 Å². The molecule has 1 heterocycles. The highest BCUT2D eigenvalue weighted by atomic mass is 35.5. The molecule has 4 nitrogen and oxygen atoms in total. The number of rotatable bonds is 5. The van der Waals surface area contributed by atoms with Gasteiger partial charge in [0.2, 0.25) is 11.8 Å². The Morgan fingerprint density at radius 2 is 1.87 bits per heavy atom. The first kappa shape index (κ1) is 17.8. The van der Waals surface area contributed by atoms with Crippen LogP contribution in [0.5, 0.6) is 0 Å². The highest BCUT2D eigenvalue weighted by Gasteiger charge is 2.24. The summed E-state index contributed by atoms with van der Waals surface area (Å²) in [5.74, 6) is -0.0583. The summed E-state index contributed by atoms with van der Waals surface area (Å²) < 4.78 is 0. The van der Waals surface area contributed by atoms with Gasteiger partial charge in [0.05, 0.1) is 0 Å². The number of carbonyl (C=O) groups excluding carboxylic acids is 2. The van der Waals surface area contributed by atoms with Gasteiger partial charge in [0.25, 0.3) is 0 Å². The van der Waals surface area contributed by atoms with Gasteiger partial charge < -0.3 is 10.2 Å². The molecule has 126 valence electrons. The van der Waals surface area contributed by atoms with Gasteiger partial charge in [-0.05, 0) is 49.4 Å². The molecule has 1 aliphatic heterocycles. The second kappa shape index (κ2) is 8.34. The van der Waals surface area contributed by atoms with E-state index in [2.05, 4.69) is 5.32 Å². The SMILES string of the molecule is CNC(=O)C[C@H](CC(=O)N1CCCCC1)c1cc(C)cc(Cl)c1. The molecule has 0 aromatic heterocycles. The van der Waals surface area contributed by atoms with E-state index in [1.165, 1.54) is 6.42 Å². The van der Waals surface area contributed by atoms with Crippen molar-refractivity contribution in [2.75, 3.05) is 20.1 Å². The van der Waals surface area contributed by atoms with Crippen molar-refractivity contribution < 1.29 is 9.59 Å². The first-order valence-corrected chi connectivity index (χ1v) is 8.63. The van der Waals surface area contributed by atoms with Crippen molar-refractivity contribution in [1.82, 2.24) is 10.2 Å². The van der Waals surface area contributed by atoms with Gasteiger partial charge in [-0.25, -0.2) is 0 Å². The maximum Gasteiger partial charge on any atom is 0.223 e. The van der Waals surface area contributed by atoms with Crippen molar-refractivity contribution >= 4 is 23.4 Å². The predicted octanol–water partition coefficient (Wildman–Crippen LogP) is 3.27. The third-order valence-corrected chi connectivity index (χ3v) is 4.59. The Balaban J connectivity index is 2.15. The van der Waals surface area contributed by atoms with Crippen LogP contribution in [0.15, 0.2) is 18.2 Å². The molecular formula is C18H25ClN2O2. The standard InChI is InChI=1S/C18H25ClN2O2/c1-13-8-14(10-16(19)9-13)15(11-17(22)20-2)12-18(23)21-6-4-3-5-7-21/h8-10,15H,3-7,11-12H2,1-2H3,(H,20,22)/t15-/m1/s1. The van der Waals surface area contributed by atoms with E-state index in [-0.39, 0.29) is 17.7 Å². The maximum atomic E-state index is 12.6. The van der Waals surface area contributed by atoms with Crippen LogP contribution in [0.1, 0.15) is 49.1 Å². The molecular weight excluding hydrogens is 312 g/mol. The minimum atomic E-state index is -0.137. The third kappa shape index (κ3) is 5.24. The monoisotopic (exact) mass is 336 g/mol. The molecule has 0 radical (unpaired) electrons. The molecule has 23 heavy (non-hydrogen) atoms. The molecule has 1 aliphatic rings. The topological polar surface area (TPSA) is 49.4 Å². The summed E-state index contributed by atoms with van der Waals surface area (Å²) in [7, 11) is 1.62. The molecule has 0 unspecified atom stereocenters. The number of likely N-dealkylation sites (tertiary alicyclic amines) is 1. The van der Waals surface area contributed by atoms with E-state index in [0.29, 0.717) is 17.9 Å². The minimum absolute atomic E-state index is 0.0564. The Morgan fingerprint density at radius 3 is 2.48 bits per heavy atom. The number of halogens is 1. The van der Waals surface area contributed by atoms with E-state index in [4.69, 9.17) is 11.6 Å². The summed E-state index contributed by atoms with van der Waals surface area (Å²) in [6.07, 6.45) is 3.99. The van der Waals surface area contributed by atoms with Crippen molar-refractivity contribution in [3.8, 4) is 0 Å². The molecule has 2 amide bonds. The summed E-state index contributed by atoms with van der Waals surface area (Å²) in [6.45, 7) is 3.64. The predicted molar refractivity (Wildman–Crippen MR) is 92.7 cm³/mol. The fraction of sp³-hybridized carbons (Fsp3) is 0.556. The summed E-state index contributed by atoms with van der Waals surface area (Å²) in [5, 5.41) is 3.30. The zero-order valence-corrected chi connectivity index (χ0v) is 14.7. The van der Waals surface area contributed by atoms with Crippen LogP contribution in [0.3, 0.4) is 0 Å². The number of nitrogens with zero attached hydrogens (tertiary/aromatic N) is 1. The second-order valence-electron chi connectivity index (χ2n) is 6.28. The third-order valence-electron chi connectivity index (χ3n) is 4.38. The molecule has 2 rings (SSSR count). The molecule has 1 N–H and O–H groups in total. The van der Waals surface area contributed by atoms with E-state index >= 15 is 0 Å². The fourth-order valence-corrected chi connectivity index (χ4v) is 3.42. The number of piperidine rings is 1. The lowest BCUT2D eigenvalue weighted by molar-refractivity contribution is -0.132. The van der Waals surface area contributed by atoms with Crippen molar-refractivity contribution in [2.24, 2.45) is 0 Å². The second-order valence-corrected chi connectivity index (χ2v) is 6.72. The lowest BCUT2D eigenvalue weighted by atomic mass is 9.90. The van der Waals surface area contributed by atoms with Crippen LogP contribution in [0.25, 0.3) is 0 Å². The molecule has 1 aromatic rings. The van der Waals surface area contributed by atoms with Crippen molar-refractivity contribution in [1.29, 1.82) is 0 Å². The number of carbonyl (C=O) groups is 2. The van der Waals surface area contributed by atoms with Gasteiger partial charge in [-0.15, -0.1) is 0 Å². The molecule has 0 spiro atoms. The van der Waals surface area contributed by atoms with Gasteiger partial charge in [-0.2, -0.15) is 0 Å². The van der Waals surface area contributed by atoms with Crippen LogP contribution in [-0.4, -0.2) is 36.9 Å². The first-order chi connectivity index (χ1) is 11.0. The van der Waals surface area contributed by atoms with E-state index in [1.807, 2.05) is 30.0 Å². The average molecular weight is 337 g/mol. The Labute approximate surface area is 143 Å². The van der Waals surface area contributed by atoms with Crippen LogP contribution in [0, 0.1) is 6.92 Å². The van der Waals surface area contributed by atoms with Crippen LogP contribution >= 0.6 is 11.6 Å². The molecule has 1 fully saturated rings. The quantitative estimate of drug-likeness (QED) is 0.897. The first-order valence-electron chi connectivity index (χ1n) is 8.25. The summed E-state index contributed by atoms with van der Waals surface area (Å²) in [5.41, 5.74) is 2.00. The smallest absolute Gasteiger partial charge is 0.223 e. The summed E-state index contributed by atoms with van der Waals surface area (Å²) >= 11 is 6.15. The normalized spacial score (nSPS) is 16.0. The summed E-state index contributed by atoms with van der Waals surface area (Å²) in [6, 6.07) is 5.77. The zero-order valence-electron chi connectivity index (χ0n) is 13.9. The number of benzene rings is 1. The number of amides is 2. The van der Waals surface area contributed by atoms with Crippen LogP contribution < -0.4 is 5.32 Å². The molecule has 0 bridgehead atoms. The van der Waals surface area contributed by atoms with Crippen molar-refractivity contribution in [2.45, 2.75) is 44.9 Å². The van der Waals surface area contributed by atoms with Gasteiger partial charge >= 0.3 is 0 Å². The lowest BCUT2D eigenvalue weighted by Gasteiger charge is -2.28. The van der Waals surface area contributed by atoms with Crippen LogP contribution in [0.2, 0.25) is 5.02 Å². The van der Waals surface area contributed by atoms with Gasteiger partial charge in [0.15, 0.2) is 0 Å². The average Bonchev–Trinajstić information content (AvgIpc) is 2.53. The Bertz CT molecular complexity index is 548. The molecule has 1 atom stereocenters.